The zero-order valence-electron chi connectivity index (χ0n) is 39.5. The molecule has 0 saturated heterocycles. The van der Waals surface area contributed by atoms with E-state index in [0.29, 0.717) is 23.2 Å². The van der Waals surface area contributed by atoms with Gasteiger partial charge < -0.3 is 0 Å². The number of halogens is 2. The molecule has 5 rings (SSSR count). The van der Waals surface area contributed by atoms with Gasteiger partial charge in [-0.2, -0.15) is 0 Å². The lowest BCUT2D eigenvalue weighted by Gasteiger charge is -2.17. The van der Waals surface area contributed by atoms with Gasteiger partial charge in [0.1, 0.15) is 0 Å². The topological polar surface area (TPSA) is 39.1 Å². The van der Waals surface area contributed by atoms with Gasteiger partial charge in [0.15, 0.2) is 0 Å². The summed E-state index contributed by atoms with van der Waals surface area (Å²) in [6.45, 7) is 9.62. The van der Waals surface area contributed by atoms with E-state index in [1.165, 1.54) is 181 Å². The number of hydrogen-bond donors (Lipinski definition) is 0. The van der Waals surface area contributed by atoms with Gasteiger partial charge in [-0.15, -0.1) is 45.3 Å². The Kier molecular flexibility index (Phi) is 24.8. The van der Waals surface area contributed by atoms with E-state index in [-0.39, 0.29) is 11.1 Å². The molecule has 5 aromatic heterocycles. The van der Waals surface area contributed by atoms with Crippen LogP contribution in [0.2, 0.25) is 0 Å². The van der Waals surface area contributed by atoms with Crippen LogP contribution in [0, 0.1) is 5.92 Å². The Labute approximate surface area is 414 Å². The Morgan fingerprint density at radius 2 is 0.778 bits per heavy atom. The van der Waals surface area contributed by atoms with Gasteiger partial charge in [-0.05, 0) is 112 Å². The van der Waals surface area contributed by atoms with Crippen molar-refractivity contribution in [1.29, 1.82) is 0 Å². The zero-order valence-corrected chi connectivity index (χ0v) is 45.9. The molecule has 1 unspecified atom stereocenters. The molecule has 0 aliphatic rings. The van der Waals surface area contributed by atoms with E-state index >= 15 is 9.59 Å². The molecular formula is C54H79Br2NO2S4. The van der Waals surface area contributed by atoms with Crippen molar-refractivity contribution in [2.45, 2.75) is 227 Å². The fourth-order valence-corrected chi connectivity index (χ4v) is 15.5. The molecule has 0 amide bonds. The van der Waals surface area contributed by atoms with E-state index in [1.807, 2.05) is 0 Å². The van der Waals surface area contributed by atoms with Crippen molar-refractivity contribution in [1.82, 2.24) is 4.57 Å². The molecule has 0 spiro atoms. The van der Waals surface area contributed by atoms with E-state index in [4.69, 9.17) is 0 Å². The molecule has 350 valence electrons. The first-order chi connectivity index (χ1) is 30.8. The molecule has 5 aromatic rings. The summed E-state index contributed by atoms with van der Waals surface area (Å²) in [6.07, 6.45) is 37.5. The summed E-state index contributed by atoms with van der Waals surface area (Å²) in [7, 11) is 0. The second kappa shape index (κ2) is 29.6. The minimum atomic E-state index is -0.0987. The second-order valence-electron chi connectivity index (χ2n) is 18.5. The lowest BCUT2D eigenvalue weighted by atomic mass is 9.94. The van der Waals surface area contributed by atoms with Crippen molar-refractivity contribution < 1.29 is 0 Å². The molecule has 9 heteroatoms. The maximum atomic E-state index is 15.0. The Morgan fingerprint density at radius 3 is 1.16 bits per heavy atom. The van der Waals surface area contributed by atoms with Crippen LogP contribution in [-0.2, 0) is 19.4 Å². The third-order valence-electron chi connectivity index (χ3n) is 13.1. The van der Waals surface area contributed by atoms with Crippen molar-refractivity contribution in [3.63, 3.8) is 0 Å². The average Bonchev–Trinajstić information content (AvgIpc) is 4.08. The molecule has 0 N–H and O–H groups in total. The molecule has 0 saturated carbocycles. The predicted octanol–water partition coefficient (Wildman–Crippen LogP) is 20.3. The molecule has 0 radical (unpaired) electrons. The number of hydrogen-bond acceptors (Lipinski definition) is 6. The second-order valence-corrected chi connectivity index (χ2v) is 25.4. The van der Waals surface area contributed by atoms with Crippen molar-refractivity contribution in [3.8, 4) is 19.5 Å². The van der Waals surface area contributed by atoms with E-state index in [1.54, 1.807) is 49.9 Å². The predicted molar refractivity (Wildman–Crippen MR) is 293 cm³/mol. The minimum Gasteiger partial charge on any atom is -0.274 e. The first kappa shape index (κ1) is 52.9. The molecular weight excluding hydrogens is 983 g/mol. The lowest BCUT2D eigenvalue weighted by Crippen LogP contribution is -2.33. The van der Waals surface area contributed by atoms with Crippen LogP contribution in [0.3, 0.4) is 0 Å². The summed E-state index contributed by atoms with van der Waals surface area (Å²) >= 11 is 14.8. The molecule has 3 nitrogen and oxygen atoms in total. The Balaban J connectivity index is 1.52. The molecule has 0 aromatic carbocycles. The molecule has 0 fully saturated rings. The van der Waals surface area contributed by atoms with Gasteiger partial charge >= 0.3 is 0 Å². The highest BCUT2D eigenvalue weighted by molar-refractivity contribution is 9.11. The molecule has 1 atom stereocenters. The van der Waals surface area contributed by atoms with Crippen molar-refractivity contribution >= 4 is 97.4 Å². The highest BCUT2D eigenvalue weighted by Crippen LogP contribution is 2.47. The highest BCUT2D eigenvalue weighted by atomic mass is 79.9. The normalized spacial score (nSPS) is 12.4. The first-order valence-corrected chi connectivity index (χ1v) is 30.4. The van der Waals surface area contributed by atoms with Crippen LogP contribution in [0.25, 0.3) is 39.7 Å². The van der Waals surface area contributed by atoms with Gasteiger partial charge in [0, 0.05) is 26.1 Å². The third kappa shape index (κ3) is 16.6. The number of rotatable bonds is 34. The maximum Gasteiger partial charge on any atom is 0.262 e. The largest absolute Gasteiger partial charge is 0.274 e. The molecule has 63 heavy (non-hydrogen) atoms. The van der Waals surface area contributed by atoms with E-state index < -0.39 is 0 Å². The number of aromatic nitrogens is 1. The van der Waals surface area contributed by atoms with Gasteiger partial charge in [0.05, 0.1) is 27.7 Å². The first-order valence-electron chi connectivity index (χ1n) is 25.5. The lowest BCUT2D eigenvalue weighted by molar-refractivity contribution is 0.351. The fraction of sp³-hybridized carbons (Fsp3) is 0.667. The third-order valence-corrected chi connectivity index (χ3v) is 19.3. The Morgan fingerprint density at radius 1 is 0.444 bits per heavy atom. The summed E-state index contributed by atoms with van der Waals surface area (Å²) in [5, 5.41) is 1.43. The van der Waals surface area contributed by atoms with E-state index in [2.05, 4.69) is 83.8 Å². The van der Waals surface area contributed by atoms with E-state index in [0.717, 1.165) is 58.8 Å². The summed E-state index contributed by atoms with van der Waals surface area (Å²) in [4.78, 5) is 34.9. The van der Waals surface area contributed by atoms with Gasteiger partial charge in [-0.1, -0.05) is 182 Å². The summed E-state index contributed by atoms with van der Waals surface area (Å²) in [5.74, 6) is 0.320. The van der Waals surface area contributed by atoms with Crippen LogP contribution >= 0.6 is 77.2 Å². The standard InChI is InChI=1S/C54H79Br2NO2S4/c1-5-9-13-17-20-22-25-29-33-41-35-47(55)62-49(41)45-37-43-51(60-45)52-44(38-46(61-52)50-42(36-48(56)63-50)34-30-26-23-21-18-14-10-6-2)54(59)57(53(43)58)39-40(31-27-16-12-8-4)32-28-24-19-15-11-7-3/h35-38,40H,5-34,39H2,1-4H3. The average molecular weight is 1060 g/mol. The van der Waals surface area contributed by atoms with Crippen LogP contribution in [0.1, 0.15) is 219 Å². The quantitative estimate of drug-likeness (QED) is 0.0385. The monoisotopic (exact) mass is 1060 g/mol. The van der Waals surface area contributed by atoms with Gasteiger partial charge in [-0.25, -0.2) is 0 Å². The highest BCUT2D eigenvalue weighted by Gasteiger charge is 2.23. The van der Waals surface area contributed by atoms with Crippen LogP contribution < -0.4 is 11.1 Å². The maximum absolute atomic E-state index is 15.0. The fourth-order valence-electron chi connectivity index (χ4n) is 9.35. The van der Waals surface area contributed by atoms with Gasteiger partial charge in [-0.3, -0.25) is 14.2 Å². The number of aryl methyl sites for hydroxylation is 2. The molecule has 5 heterocycles. The van der Waals surface area contributed by atoms with Crippen molar-refractivity contribution in [2.75, 3.05) is 0 Å². The summed E-state index contributed by atoms with van der Waals surface area (Å²) in [5.41, 5.74) is 2.56. The summed E-state index contributed by atoms with van der Waals surface area (Å²) < 4.78 is 5.94. The number of fused-ring (bicyclic) bond motifs is 3. The van der Waals surface area contributed by atoms with Crippen LogP contribution in [0.15, 0.2) is 41.4 Å². The van der Waals surface area contributed by atoms with Gasteiger partial charge in [0.25, 0.3) is 11.1 Å². The Bertz CT molecular complexity index is 2060. The molecule has 0 bridgehead atoms. The number of unbranched alkanes of at least 4 members (excludes halogenated alkanes) is 22. The zero-order chi connectivity index (χ0) is 44.8. The SMILES string of the molecule is CCCCCCCCCCc1cc(Br)sc1-c1cc2c(=O)n(CC(CCCCCC)CCCCCCCC)c(=O)c3cc(-c4sc(Br)cc4CCCCCCCCCC)sc3c2s1. The van der Waals surface area contributed by atoms with Crippen LogP contribution in [-0.4, -0.2) is 4.57 Å². The van der Waals surface area contributed by atoms with Gasteiger partial charge in [0.2, 0.25) is 0 Å². The smallest absolute Gasteiger partial charge is 0.262 e. The van der Waals surface area contributed by atoms with Crippen LogP contribution in [0.5, 0.6) is 0 Å². The Hall–Kier alpha value is -1.10. The van der Waals surface area contributed by atoms with E-state index in [9.17, 15) is 0 Å². The number of nitrogens with zero attached hydrogens (tertiary/aromatic N) is 1. The minimum absolute atomic E-state index is 0.0987. The van der Waals surface area contributed by atoms with Crippen molar-refractivity contribution in [3.05, 3.63) is 63.7 Å². The number of thiophene rings is 4. The van der Waals surface area contributed by atoms with Crippen molar-refractivity contribution in [2.24, 2.45) is 5.92 Å². The summed E-state index contributed by atoms with van der Waals surface area (Å²) in [6, 6.07) is 8.94. The van der Waals surface area contributed by atoms with Crippen LogP contribution in [0.4, 0.5) is 0 Å². The molecule has 0 aliphatic carbocycles. The molecule has 0 aliphatic heterocycles.